The van der Waals surface area contributed by atoms with E-state index in [1.807, 2.05) is 0 Å². The van der Waals surface area contributed by atoms with Crippen LogP contribution in [0.4, 0.5) is 10.1 Å². The summed E-state index contributed by atoms with van der Waals surface area (Å²) < 4.78 is 36.3. The third-order valence-electron chi connectivity index (χ3n) is 3.08. The predicted molar refractivity (Wildman–Crippen MR) is 65.4 cm³/mol. The number of nitrogens with one attached hydrogen (secondary N) is 1. The summed E-state index contributed by atoms with van der Waals surface area (Å²) in [5.41, 5.74) is 0.292. The van der Waals surface area contributed by atoms with Gasteiger partial charge in [-0.15, -0.1) is 0 Å². The molecule has 1 aliphatic carbocycles. The first-order valence-corrected chi connectivity index (χ1v) is 7.62. The molecule has 1 saturated carbocycles. The summed E-state index contributed by atoms with van der Waals surface area (Å²) in [5.74, 6) is -0.399. The topological polar surface area (TPSA) is 46.2 Å². The van der Waals surface area contributed by atoms with Gasteiger partial charge >= 0.3 is 0 Å². The van der Waals surface area contributed by atoms with E-state index in [0.717, 1.165) is 31.9 Å². The Kier molecular flexibility index (Phi) is 3.38. The zero-order chi connectivity index (χ0) is 12.5. The average molecular weight is 257 g/mol. The molecular weight excluding hydrogens is 241 g/mol. The van der Waals surface area contributed by atoms with Crippen molar-refractivity contribution in [2.24, 2.45) is 0 Å². The Morgan fingerprint density at radius 1 is 1.29 bits per heavy atom. The van der Waals surface area contributed by atoms with Gasteiger partial charge in [0.2, 0.25) is 0 Å². The van der Waals surface area contributed by atoms with E-state index < -0.39 is 15.7 Å². The number of sulfone groups is 1. The van der Waals surface area contributed by atoms with Crippen molar-refractivity contribution >= 4 is 15.5 Å². The lowest BCUT2D eigenvalue weighted by Gasteiger charge is -2.14. The van der Waals surface area contributed by atoms with E-state index in [1.54, 1.807) is 0 Å². The Morgan fingerprint density at radius 3 is 2.53 bits per heavy atom. The summed E-state index contributed by atoms with van der Waals surface area (Å²) in [4.78, 5) is 0.152. The van der Waals surface area contributed by atoms with Crippen LogP contribution in [0.25, 0.3) is 0 Å². The predicted octanol–water partition coefficient (Wildman–Crippen LogP) is 2.58. The zero-order valence-electron chi connectivity index (χ0n) is 9.74. The maximum absolute atomic E-state index is 13.6. The van der Waals surface area contributed by atoms with E-state index in [1.165, 1.54) is 18.2 Å². The van der Waals surface area contributed by atoms with Gasteiger partial charge in [-0.05, 0) is 31.0 Å². The molecule has 0 atom stereocenters. The minimum Gasteiger partial charge on any atom is -0.380 e. The van der Waals surface area contributed by atoms with Crippen molar-refractivity contribution in [3.63, 3.8) is 0 Å². The fourth-order valence-electron chi connectivity index (χ4n) is 2.14. The fourth-order valence-corrected chi connectivity index (χ4v) is 2.78. The Hall–Kier alpha value is -1.10. The summed E-state index contributed by atoms with van der Waals surface area (Å²) in [5, 5.41) is 3.08. The molecule has 0 heterocycles. The van der Waals surface area contributed by atoms with Gasteiger partial charge in [-0.3, -0.25) is 0 Å². The van der Waals surface area contributed by atoms with Crippen molar-refractivity contribution in [3.8, 4) is 0 Å². The van der Waals surface area contributed by atoms with Crippen LogP contribution in [0.2, 0.25) is 0 Å². The molecule has 1 aromatic carbocycles. The number of hydrogen-bond donors (Lipinski definition) is 1. The molecule has 1 aromatic rings. The molecule has 1 aliphatic rings. The van der Waals surface area contributed by atoms with E-state index in [9.17, 15) is 12.8 Å². The van der Waals surface area contributed by atoms with Crippen LogP contribution >= 0.6 is 0 Å². The average Bonchev–Trinajstić information content (AvgIpc) is 2.72. The number of halogens is 1. The lowest BCUT2D eigenvalue weighted by atomic mass is 10.2. The van der Waals surface area contributed by atoms with E-state index in [2.05, 4.69) is 5.32 Å². The molecule has 5 heteroatoms. The molecule has 0 saturated heterocycles. The maximum atomic E-state index is 13.6. The summed E-state index contributed by atoms with van der Waals surface area (Å²) in [6.07, 6.45) is 5.45. The Bertz CT molecular complexity index is 507. The van der Waals surface area contributed by atoms with Gasteiger partial charge in [-0.2, -0.15) is 0 Å². The quantitative estimate of drug-likeness (QED) is 0.847. The van der Waals surface area contributed by atoms with E-state index in [0.29, 0.717) is 5.69 Å². The van der Waals surface area contributed by atoms with Crippen LogP contribution in [0.15, 0.2) is 23.1 Å². The minimum absolute atomic E-state index is 0.152. The SMILES string of the molecule is CS(=O)(=O)c1ccc(F)c(NC2CCCC2)c1. The standard InChI is InChI=1S/C12H16FNO2S/c1-17(15,16)10-6-7-11(13)12(8-10)14-9-4-2-3-5-9/h6-9,14H,2-5H2,1H3. The molecule has 1 N–H and O–H groups in total. The second-order valence-corrected chi connectivity index (χ2v) is 6.56. The molecule has 94 valence electrons. The molecule has 0 radical (unpaired) electrons. The second-order valence-electron chi connectivity index (χ2n) is 4.54. The van der Waals surface area contributed by atoms with Crippen molar-refractivity contribution < 1.29 is 12.8 Å². The van der Waals surface area contributed by atoms with Gasteiger partial charge in [0.1, 0.15) is 5.82 Å². The van der Waals surface area contributed by atoms with Crippen LogP contribution < -0.4 is 5.32 Å². The maximum Gasteiger partial charge on any atom is 0.175 e. The van der Waals surface area contributed by atoms with Gasteiger partial charge in [0, 0.05) is 12.3 Å². The Balaban J connectivity index is 2.26. The molecule has 1 fully saturated rings. The van der Waals surface area contributed by atoms with Gasteiger partial charge in [0.05, 0.1) is 10.6 Å². The lowest BCUT2D eigenvalue weighted by Crippen LogP contribution is -2.16. The van der Waals surface area contributed by atoms with Crippen molar-refractivity contribution in [2.75, 3.05) is 11.6 Å². The molecule has 17 heavy (non-hydrogen) atoms. The first kappa shape index (κ1) is 12.4. The molecule has 0 unspecified atom stereocenters. The van der Waals surface area contributed by atoms with E-state index in [-0.39, 0.29) is 10.9 Å². The molecule has 0 bridgehead atoms. The number of rotatable bonds is 3. The highest BCUT2D eigenvalue weighted by Gasteiger charge is 2.17. The Morgan fingerprint density at radius 2 is 1.94 bits per heavy atom. The molecule has 3 nitrogen and oxygen atoms in total. The summed E-state index contributed by atoms with van der Waals surface area (Å²) in [7, 11) is -3.28. The highest BCUT2D eigenvalue weighted by atomic mass is 32.2. The van der Waals surface area contributed by atoms with Gasteiger partial charge in [0.15, 0.2) is 9.84 Å². The van der Waals surface area contributed by atoms with Crippen LogP contribution in [0, 0.1) is 5.82 Å². The second kappa shape index (κ2) is 4.64. The number of anilines is 1. The first-order valence-electron chi connectivity index (χ1n) is 5.73. The van der Waals surface area contributed by atoms with Crippen LogP contribution in [0.5, 0.6) is 0 Å². The smallest absolute Gasteiger partial charge is 0.175 e. The zero-order valence-corrected chi connectivity index (χ0v) is 10.6. The highest BCUT2D eigenvalue weighted by Crippen LogP contribution is 2.25. The van der Waals surface area contributed by atoms with E-state index in [4.69, 9.17) is 0 Å². The van der Waals surface area contributed by atoms with E-state index >= 15 is 0 Å². The highest BCUT2D eigenvalue weighted by molar-refractivity contribution is 7.90. The lowest BCUT2D eigenvalue weighted by molar-refractivity contribution is 0.600. The number of benzene rings is 1. The van der Waals surface area contributed by atoms with Gasteiger partial charge in [0.25, 0.3) is 0 Å². The summed E-state index contributed by atoms with van der Waals surface area (Å²) >= 11 is 0. The third kappa shape index (κ3) is 2.97. The normalized spacial score (nSPS) is 17.3. The van der Waals surface area contributed by atoms with Crippen LogP contribution in [-0.2, 0) is 9.84 Å². The van der Waals surface area contributed by atoms with Crippen molar-refractivity contribution in [2.45, 2.75) is 36.6 Å². The first-order chi connectivity index (χ1) is 7.97. The fraction of sp³-hybridized carbons (Fsp3) is 0.500. The minimum atomic E-state index is -3.28. The largest absolute Gasteiger partial charge is 0.380 e. The van der Waals surface area contributed by atoms with Gasteiger partial charge in [-0.25, -0.2) is 12.8 Å². The molecule has 0 spiro atoms. The summed E-state index contributed by atoms with van der Waals surface area (Å²) in [6.45, 7) is 0. The van der Waals surface area contributed by atoms with Crippen LogP contribution in [0.3, 0.4) is 0 Å². The molecule has 2 rings (SSSR count). The van der Waals surface area contributed by atoms with Gasteiger partial charge < -0.3 is 5.32 Å². The van der Waals surface area contributed by atoms with Crippen molar-refractivity contribution in [3.05, 3.63) is 24.0 Å². The molecular formula is C12H16FNO2S. The Labute approximate surface area is 101 Å². The molecule has 0 amide bonds. The van der Waals surface area contributed by atoms with Crippen molar-refractivity contribution in [1.82, 2.24) is 0 Å². The summed E-state index contributed by atoms with van der Waals surface area (Å²) in [6, 6.07) is 4.14. The van der Waals surface area contributed by atoms with Crippen LogP contribution in [-0.4, -0.2) is 20.7 Å². The number of hydrogen-bond acceptors (Lipinski definition) is 3. The van der Waals surface area contributed by atoms with Crippen LogP contribution in [0.1, 0.15) is 25.7 Å². The molecule has 0 aromatic heterocycles. The third-order valence-corrected chi connectivity index (χ3v) is 4.19. The van der Waals surface area contributed by atoms with Crippen molar-refractivity contribution in [1.29, 1.82) is 0 Å². The monoisotopic (exact) mass is 257 g/mol. The van der Waals surface area contributed by atoms with Gasteiger partial charge in [-0.1, -0.05) is 12.8 Å². The molecule has 0 aliphatic heterocycles.